The van der Waals surface area contributed by atoms with Crippen molar-refractivity contribution >= 4 is 17.5 Å². The molecule has 0 radical (unpaired) electrons. The van der Waals surface area contributed by atoms with Crippen molar-refractivity contribution < 1.29 is 19.1 Å². The third-order valence-corrected chi connectivity index (χ3v) is 5.32. The number of benzene rings is 3. The zero-order valence-corrected chi connectivity index (χ0v) is 18.2. The van der Waals surface area contributed by atoms with E-state index in [1.54, 1.807) is 37.4 Å². The molecule has 0 aliphatic heterocycles. The third kappa shape index (κ3) is 5.27. The van der Waals surface area contributed by atoms with Crippen molar-refractivity contribution in [1.82, 2.24) is 5.32 Å². The minimum atomic E-state index is -0.291. The zero-order valence-electron chi connectivity index (χ0n) is 18.2. The first-order chi connectivity index (χ1) is 15.5. The van der Waals surface area contributed by atoms with E-state index in [2.05, 4.69) is 10.6 Å². The Balaban J connectivity index is 1.46. The molecule has 164 valence electrons. The van der Waals surface area contributed by atoms with E-state index in [-0.39, 0.29) is 17.9 Å². The second-order valence-corrected chi connectivity index (χ2v) is 7.87. The molecule has 1 aliphatic rings. The molecule has 1 saturated carbocycles. The molecule has 6 nitrogen and oxygen atoms in total. The molecule has 0 spiro atoms. The van der Waals surface area contributed by atoms with Crippen LogP contribution >= 0.6 is 0 Å². The number of amides is 2. The van der Waals surface area contributed by atoms with Gasteiger partial charge in [-0.1, -0.05) is 36.4 Å². The van der Waals surface area contributed by atoms with E-state index in [4.69, 9.17) is 9.47 Å². The Kier molecular flexibility index (Phi) is 6.40. The van der Waals surface area contributed by atoms with Gasteiger partial charge in [0, 0.05) is 22.9 Å². The van der Waals surface area contributed by atoms with Crippen molar-refractivity contribution in [1.29, 1.82) is 0 Å². The summed E-state index contributed by atoms with van der Waals surface area (Å²) in [5.41, 5.74) is 3.47. The Hall–Kier alpha value is -3.80. The number of carbonyl (C=O) groups is 2. The number of nitrogens with one attached hydrogen (secondary N) is 2. The summed E-state index contributed by atoms with van der Waals surface area (Å²) < 4.78 is 11.3. The molecule has 2 amide bonds. The van der Waals surface area contributed by atoms with Crippen molar-refractivity contribution in [3.05, 3.63) is 89.0 Å². The summed E-state index contributed by atoms with van der Waals surface area (Å²) in [7, 11) is 1.54. The average molecular weight is 431 g/mol. The van der Waals surface area contributed by atoms with Gasteiger partial charge in [-0.2, -0.15) is 0 Å². The second kappa shape index (κ2) is 9.56. The number of hydrogen-bond acceptors (Lipinski definition) is 4. The molecule has 4 rings (SSSR count). The summed E-state index contributed by atoms with van der Waals surface area (Å²) in [6.45, 7) is 2.29. The predicted octanol–water partition coefficient (Wildman–Crippen LogP) is 4.73. The van der Waals surface area contributed by atoms with Crippen molar-refractivity contribution in [3.63, 3.8) is 0 Å². The van der Waals surface area contributed by atoms with E-state index in [1.165, 1.54) is 0 Å². The monoisotopic (exact) mass is 430 g/mol. The van der Waals surface area contributed by atoms with Crippen LogP contribution in [0.15, 0.2) is 66.7 Å². The maximum atomic E-state index is 12.9. The summed E-state index contributed by atoms with van der Waals surface area (Å²) in [6, 6.07) is 20.5. The lowest BCUT2D eigenvalue weighted by molar-refractivity contribution is 0.0949. The molecule has 0 unspecified atom stereocenters. The average Bonchev–Trinajstić information content (AvgIpc) is 3.63. The molecule has 0 saturated heterocycles. The Bertz CT molecular complexity index is 1120. The summed E-state index contributed by atoms with van der Waals surface area (Å²) in [5, 5.41) is 5.87. The van der Waals surface area contributed by atoms with E-state index in [9.17, 15) is 9.59 Å². The minimum absolute atomic E-state index is 0.121. The fraction of sp³-hybridized carbons (Fsp3) is 0.231. The van der Waals surface area contributed by atoms with Gasteiger partial charge in [-0.05, 0) is 61.2 Å². The van der Waals surface area contributed by atoms with Gasteiger partial charge in [0.2, 0.25) is 0 Å². The lowest BCUT2D eigenvalue weighted by atomic mass is 10.1. The number of carbonyl (C=O) groups excluding carboxylic acids is 2. The first kappa shape index (κ1) is 21.4. The van der Waals surface area contributed by atoms with Crippen molar-refractivity contribution in [2.75, 3.05) is 12.4 Å². The lowest BCUT2D eigenvalue weighted by Gasteiger charge is -2.14. The molecule has 0 bridgehead atoms. The quantitative estimate of drug-likeness (QED) is 0.542. The van der Waals surface area contributed by atoms with Gasteiger partial charge in [0.15, 0.2) is 11.5 Å². The highest BCUT2D eigenvalue weighted by molar-refractivity contribution is 6.06. The van der Waals surface area contributed by atoms with Crippen LogP contribution in [-0.4, -0.2) is 25.0 Å². The Morgan fingerprint density at radius 3 is 2.34 bits per heavy atom. The molecule has 2 N–H and O–H groups in total. The van der Waals surface area contributed by atoms with Crippen molar-refractivity contribution in [2.45, 2.75) is 32.4 Å². The molecule has 32 heavy (non-hydrogen) atoms. The summed E-state index contributed by atoms with van der Waals surface area (Å²) in [5.74, 6) is 0.621. The molecule has 1 aliphatic carbocycles. The van der Waals surface area contributed by atoms with Gasteiger partial charge in [0.05, 0.1) is 7.11 Å². The molecular formula is C26H26N2O4. The third-order valence-electron chi connectivity index (χ3n) is 5.32. The number of methoxy groups -OCH3 is 1. The molecular weight excluding hydrogens is 404 g/mol. The second-order valence-electron chi connectivity index (χ2n) is 7.87. The van der Waals surface area contributed by atoms with Gasteiger partial charge in [0.1, 0.15) is 6.61 Å². The molecule has 1 fully saturated rings. The van der Waals surface area contributed by atoms with Crippen LogP contribution in [0, 0.1) is 6.92 Å². The van der Waals surface area contributed by atoms with Gasteiger partial charge >= 0.3 is 0 Å². The Morgan fingerprint density at radius 2 is 1.62 bits per heavy atom. The Labute approximate surface area is 187 Å². The molecule has 0 atom stereocenters. The standard InChI is InChI=1S/C26H26N2O4/c1-17-8-9-19(25(29)27-21-11-12-21)14-22(17)28-26(30)20-10-13-23(24(15-20)31-2)32-16-18-6-4-3-5-7-18/h3-10,13-15,21H,11-12,16H2,1-2H3,(H,27,29)(H,28,30). The maximum Gasteiger partial charge on any atom is 0.255 e. The molecule has 6 heteroatoms. The topological polar surface area (TPSA) is 76.7 Å². The summed E-state index contributed by atoms with van der Waals surface area (Å²) >= 11 is 0. The van der Waals surface area contributed by atoms with Gasteiger partial charge in [0.25, 0.3) is 11.8 Å². The predicted molar refractivity (Wildman–Crippen MR) is 123 cm³/mol. The molecule has 0 heterocycles. The van der Waals surface area contributed by atoms with Crippen LogP contribution in [0.4, 0.5) is 5.69 Å². The van der Waals surface area contributed by atoms with Crippen LogP contribution in [0.3, 0.4) is 0 Å². The Morgan fingerprint density at radius 1 is 0.906 bits per heavy atom. The number of hydrogen-bond donors (Lipinski definition) is 2. The van der Waals surface area contributed by atoms with E-state index in [0.717, 1.165) is 24.0 Å². The normalized spacial score (nSPS) is 12.7. The van der Waals surface area contributed by atoms with Gasteiger partial charge in [-0.25, -0.2) is 0 Å². The van der Waals surface area contributed by atoms with Gasteiger partial charge in [-0.15, -0.1) is 0 Å². The minimum Gasteiger partial charge on any atom is -0.493 e. The van der Waals surface area contributed by atoms with E-state index in [0.29, 0.717) is 34.9 Å². The largest absolute Gasteiger partial charge is 0.493 e. The van der Waals surface area contributed by atoms with Gasteiger partial charge < -0.3 is 20.1 Å². The van der Waals surface area contributed by atoms with Crippen molar-refractivity contribution in [3.8, 4) is 11.5 Å². The fourth-order valence-corrected chi connectivity index (χ4v) is 3.25. The number of rotatable bonds is 8. The van der Waals surface area contributed by atoms with E-state index in [1.807, 2.05) is 43.3 Å². The molecule has 3 aromatic rings. The first-order valence-corrected chi connectivity index (χ1v) is 10.6. The fourth-order valence-electron chi connectivity index (χ4n) is 3.25. The lowest BCUT2D eigenvalue weighted by Crippen LogP contribution is -2.25. The van der Waals surface area contributed by atoms with Crippen LogP contribution in [0.1, 0.15) is 44.7 Å². The van der Waals surface area contributed by atoms with Crippen LogP contribution in [0.25, 0.3) is 0 Å². The van der Waals surface area contributed by atoms with Crippen LogP contribution in [-0.2, 0) is 6.61 Å². The van der Waals surface area contributed by atoms with Crippen molar-refractivity contribution in [2.24, 2.45) is 0 Å². The molecule has 3 aromatic carbocycles. The number of aryl methyl sites for hydroxylation is 1. The number of anilines is 1. The molecule has 0 aromatic heterocycles. The number of ether oxygens (including phenoxy) is 2. The SMILES string of the molecule is COc1cc(C(=O)Nc2cc(C(=O)NC3CC3)ccc2C)ccc1OCc1ccccc1. The van der Waals surface area contributed by atoms with Gasteiger partial charge in [-0.3, -0.25) is 9.59 Å². The van der Waals surface area contributed by atoms with Crippen LogP contribution in [0.2, 0.25) is 0 Å². The zero-order chi connectivity index (χ0) is 22.5. The summed E-state index contributed by atoms with van der Waals surface area (Å²) in [4.78, 5) is 25.2. The van der Waals surface area contributed by atoms with Crippen LogP contribution < -0.4 is 20.1 Å². The first-order valence-electron chi connectivity index (χ1n) is 10.6. The van der Waals surface area contributed by atoms with E-state index < -0.39 is 0 Å². The summed E-state index contributed by atoms with van der Waals surface area (Å²) in [6.07, 6.45) is 2.04. The maximum absolute atomic E-state index is 12.9. The highest BCUT2D eigenvalue weighted by Crippen LogP contribution is 2.29. The van der Waals surface area contributed by atoms with E-state index >= 15 is 0 Å². The highest BCUT2D eigenvalue weighted by Gasteiger charge is 2.24. The highest BCUT2D eigenvalue weighted by atomic mass is 16.5. The smallest absolute Gasteiger partial charge is 0.255 e. The van der Waals surface area contributed by atoms with Crippen LogP contribution in [0.5, 0.6) is 11.5 Å².